The molecule has 9 atom stereocenters. The van der Waals surface area contributed by atoms with Crippen LogP contribution in [0, 0.1) is 5.92 Å². The highest BCUT2D eigenvalue weighted by Crippen LogP contribution is 2.20. The first-order valence-electron chi connectivity index (χ1n) is 20.4. The molecule has 0 aromatic heterocycles. The zero-order chi connectivity index (χ0) is 46.2. The summed E-state index contributed by atoms with van der Waals surface area (Å²) in [7, 11) is 0. The minimum absolute atomic E-state index is 0.0207. The van der Waals surface area contributed by atoms with Crippen molar-refractivity contribution in [1.29, 1.82) is 0 Å². The number of carboxylic acids is 1. The Kier molecular flexibility index (Phi) is 20.8. The fourth-order valence-electron chi connectivity index (χ4n) is 6.13. The van der Waals surface area contributed by atoms with Gasteiger partial charge < -0.3 is 58.9 Å². The molecule has 0 saturated carbocycles. The summed E-state index contributed by atoms with van der Waals surface area (Å²) >= 11 is 0. The zero-order valence-electron chi connectivity index (χ0n) is 36.5. The highest BCUT2D eigenvalue weighted by Gasteiger charge is 2.41. The van der Waals surface area contributed by atoms with Crippen LogP contribution in [0.4, 0.5) is 0 Å². The summed E-state index contributed by atoms with van der Waals surface area (Å²) in [5.41, 5.74) is 7.14. The van der Waals surface area contributed by atoms with Crippen LogP contribution in [0.2, 0.25) is 0 Å². The number of carbonyl (C=O) groups is 9. The Balaban J connectivity index is 3.69. The van der Waals surface area contributed by atoms with E-state index in [-0.39, 0.29) is 25.7 Å². The second kappa shape index (κ2) is 23.6. The third kappa shape index (κ3) is 17.6. The summed E-state index contributed by atoms with van der Waals surface area (Å²) in [6.07, 6.45) is 3.09. The fourth-order valence-corrected chi connectivity index (χ4v) is 6.13. The van der Waals surface area contributed by atoms with Crippen molar-refractivity contribution in [1.82, 2.24) is 37.2 Å². The van der Waals surface area contributed by atoms with E-state index in [9.17, 15) is 53.4 Å². The van der Waals surface area contributed by atoms with E-state index in [2.05, 4.69) is 37.2 Å². The lowest BCUT2D eigenvalue weighted by Gasteiger charge is -2.35. The molecule has 60 heavy (non-hydrogen) atoms. The number of carboxylic acid groups (broad SMARTS) is 1. The molecule has 0 fully saturated rings. The predicted octanol–water partition coefficient (Wildman–Crippen LogP) is -0.985. The van der Waals surface area contributed by atoms with Crippen molar-refractivity contribution in [2.75, 3.05) is 0 Å². The Morgan fingerprint density at radius 3 is 2.02 bits per heavy atom. The van der Waals surface area contributed by atoms with Crippen molar-refractivity contribution in [3.63, 3.8) is 0 Å². The molecule has 1 aliphatic heterocycles. The van der Waals surface area contributed by atoms with E-state index in [0.717, 1.165) is 0 Å². The first kappa shape index (κ1) is 52.9. The average molecular weight is 852 g/mol. The Bertz CT molecular complexity index is 1600. The van der Waals surface area contributed by atoms with Gasteiger partial charge in [0.1, 0.15) is 41.3 Å². The molecule has 0 saturated heterocycles. The monoisotopic (exact) mass is 852 g/mol. The van der Waals surface area contributed by atoms with Gasteiger partial charge in [-0.3, -0.25) is 43.2 Å². The SMILES string of the molecule is CC[C@H](C)[C@@H]1NC(=O)[C@H](C)NC(=O)[C@@](C)(NC(=O)[C@H](CCC(N)=O)NC(=O)[C@H](N)[C@@H](C)O)CCC/C=C/CCC[C@@](C)(C(=O)NC(C)(C)C)NC(=O)[C@H](CC(=O)O)NC1=O. The minimum Gasteiger partial charge on any atom is -0.481 e. The molecule has 340 valence electrons. The molecule has 8 amide bonds. The smallest absolute Gasteiger partial charge is 0.305 e. The largest absolute Gasteiger partial charge is 0.481 e. The van der Waals surface area contributed by atoms with Gasteiger partial charge >= 0.3 is 5.97 Å². The molecule has 0 aromatic carbocycles. The molecule has 1 heterocycles. The van der Waals surface area contributed by atoms with Crippen LogP contribution < -0.4 is 48.7 Å². The Morgan fingerprint density at radius 1 is 0.917 bits per heavy atom. The van der Waals surface area contributed by atoms with E-state index in [4.69, 9.17) is 11.5 Å². The van der Waals surface area contributed by atoms with Crippen molar-refractivity contribution >= 4 is 53.2 Å². The van der Waals surface area contributed by atoms with Crippen molar-refractivity contribution in [2.24, 2.45) is 17.4 Å². The predicted molar refractivity (Wildman–Crippen MR) is 221 cm³/mol. The topological polar surface area (TPSA) is 330 Å². The van der Waals surface area contributed by atoms with E-state index in [0.29, 0.717) is 32.1 Å². The maximum Gasteiger partial charge on any atom is 0.305 e. The number of amides is 8. The van der Waals surface area contributed by atoms with Crippen LogP contribution in [0.1, 0.15) is 127 Å². The van der Waals surface area contributed by atoms with E-state index in [1.807, 2.05) is 12.2 Å². The van der Waals surface area contributed by atoms with Crippen LogP contribution in [0.15, 0.2) is 12.2 Å². The average Bonchev–Trinajstić information content (AvgIpc) is 3.13. The number of aliphatic carboxylic acids is 1. The van der Waals surface area contributed by atoms with Gasteiger partial charge in [-0.05, 0) is 99.3 Å². The van der Waals surface area contributed by atoms with Gasteiger partial charge in [-0.2, -0.15) is 0 Å². The molecule has 13 N–H and O–H groups in total. The molecule has 20 nitrogen and oxygen atoms in total. The lowest BCUT2D eigenvalue weighted by atomic mass is 9.91. The van der Waals surface area contributed by atoms with Crippen LogP contribution in [-0.4, -0.2) is 116 Å². The summed E-state index contributed by atoms with van der Waals surface area (Å²) < 4.78 is 0. The zero-order valence-corrected chi connectivity index (χ0v) is 36.5. The van der Waals surface area contributed by atoms with Gasteiger partial charge in [-0.15, -0.1) is 0 Å². The van der Waals surface area contributed by atoms with Crippen molar-refractivity contribution in [2.45, 2.75) is 179 Å². The van der Waals surface area contributed by atoms with E-state index >= 15 is 0 Å². The minimum atomic E-state index is -1.72. The highest BCUT2D eigenvalue weighted by atomic mass is 16.4. The fraction of sp³-hybridized carbons (Fsp3) is 0.725. The van der Waals surface area contributed by atoms with E-state index in [1.165, 1.54) is 27.7 Å². The van der Waals surface area contributed by atoms with Crippen molar-refractivity contribution in [3.05, 3.63) is 12.2 Å². The second-order valence-electron chi connectivity index (χ2n) is 17.2. The van der Waals surface area contributed by atoms with Gasteiger partial charge in [0.2, 0.25) is 47.3 Å². The van der Waals surface area contributed by atoms with Gasteiger partial charge in [0.15, 0.2) is 0 Å². The van der Waals surface area contributed by atoms with Crippen molar-refractivity contribution < 1.29 is 53.4 Å². The number of nitrogens with two attached hydrogens (primary N) is 2. The molecular weight excluding hydrogens is 782 g/mol. The summed E-state index contributed by atoms with van der Waals surface area (Å²) in [5, 5.41) is 37.7. The third-order valence-electron chi connectivity index (χ3n) is 10.2. The van der Waals surface area contributed by atoms with E-state index < -0.39 is 118 Å². The molecule has 0 unspecified atom stereocenters. The maximum absolute atomic E-state index is 14.0. The molecular formula is C40H69N9O11. The van der Waals surface area contributed by atoms with Crippen LogP contribution in [0.25, 0.3) is 0 Å². The quantitative estimate of drug-likeness (QED) is 0.0997. The number of nitrogens with one attached hydrogen (secondary N) is 7. The van der Waals surface area contributed by atoms with E-state index in [1.54, 1.807) is 34.6 Å². The molecule has 0 spiro atoms. The van der Waals surface area contributed by atoms with Crippen LogP contribution >= 0.6 is 0 Å². The first-order chi connectivity index (χ1) is 27.7. The number of aliphatic hydroxyl groups is 1. The Labute approximate surface area is 352 Å². The first-order valence-corrected chi connectivity index (χ1v) is 20.4. The molecule has 1 rings (SSSR count). The number of aliphatic hydroxyl groups excluding tert-OH is 1. The van der Waals surface area contributed by atoms with Crippen LogP contribution in [0.5, 0.6) is 0 Å². The van der Waals surface area contributed by atoms with Gasteiger partial charge in [-0.25, -0.2) is 0 Å². The van der Waals surface area contributed by atoms with Crippen LogP contribution in [-0.2, 0) is 43.2 Å². The standard InChI is InChI=1S/C40H69N9O11/c1-10-22(2)30-35(58)45-26(21-28(52)53)33(56)48-40(9,37(60)49-38(5,6)7)20-16-14-12-11-13-15-19-39(8,36(59)43-23(3)31(54)46-30)47-32(55)25(17-18-27(41)51)44-34(57)29(42)24(4)50/h11-12,22-26,29-30,50H,10,13-21,42H2,1-9H3,(H2,41,51)(H,43,59)(H,44,57)(H,45,58)(H,46,54)(H,47,55)(H,48,56)(H,49,60)(H,52,53)/b12-11+/t22-,23-,24+,25-,26-,29+,30-,39-,40-/m0/s1. The summed E-state index contributed by atoms with van der Waals surface area (Å²) in [5.74, 6) is -8.44. The summed E-state index contributed by atoms with van der Waals surface area (Å²) in [4.78, 5) is 119. The lowest BCUT2D eigenvalue weighted by molar-refractivity contribution is -0.142. The van der Waals surface area contributed by atoms with Crippen LogP contribution in [0.3, 0.4) is 0 Å². The molecule has 0 bridgehead atoms. The second-order valence-corrected chi connectivity index (χ2v) is 17.2. The summed E-state index contributed by atoms with van der Waals surface area (Å²) in [6, 6.07) is -7.08. The number of rotatable bonds is 13. The van der Waals surface area contributed by atoms with Gasteiger partial charge in [0, 0.05) is 12.0 Å². The van der Waals surface area contributed by atoms with Gasteiger partial charge in [0.05, 0.1) is 12.5 Å². The molecule has 1 aliphatic rings. The maximum atomic E-state index is 14.0. The molecule has 20 heteroatoms. The number of allylic oxidation sites excluding steroid dienone is 2. The highest BCUT2D eigenvalue weighted by molar-refractivity contribution is 5.99. The normalized spacial score (nSPS) is 26.8. The Hall–Kier alpha value is -5.11. The third-order valence-corrected chi connectivity index (χ3v) is 10.2. The number of hydrogen-bond acceptors (Lipinski definition) is 11. The Morgan fingerprint density at radius 2 is 1.50 bits per heavy atom. The van der Waals surface area contributed by atoms with Gasteiger partial charge in [0.25, 0.3) is 0 Å². The number of hydrogen-bond donors (Lipinski definition) is 11. The summed E-state index contributed by atoms with van der Waals surface area (Å²) in [6.45, 7) is 14.2. The lowest BCUT2D eigenvalue weighted by Crippen LogP contribution is -2.65. The molecule has 0 aromatic rings. The molecule has 0 aliphatic carbocycles. The molecule has 0 radical (unpaired) electrons. The van der Waals surface area contributed by atoms with Gasteiger partial charge in [-0.1, -0.05) is 32.4 Å². The van der Waals surface area contributed by atoms with Crippen molar-refractivity contribution in [3.8, 4) is 0 Å². The number of primary amides is 1. The number of carbonyl (C=O) groups excluding carboxylic acids is 8.